The summed E-state index contributed by atoms with van der Waals surface area (Å²) in [6, 6.07) is 13.8. The van der Waals surface area contributed by atoms with Crippen molar-refractivity contribution in [1.29, 1.82) is 0 Å². The van der Waals surface area contributed by atoms with E-state index in [-0.39, 0.29) is 5.82 Å². The van der Waals surface area contributed by atoms with Crippen molar-refractivity contribution in [3.8, 4) is 16.9 Å². The molecule has 0 saturated carbocycles. The molecule has 0 aliphatic heterocycles. The molecule has 3 aromatic rings. The van der Waals surface area contributed by atoms with Crippen LogP contribution in [0.15, 0.2) is 61.1 Å². The lowest BCUT2D eigenvalue weighted by molar-refractivity contribution is 0.628. The fourth-order valence-electron chi connectivity index (χ4n) is 1.94. The van der Waals surface area contributed by atoms with Crippen molar-refractivity contribution in [2.24, 2.45) is 0 Å². The molecule has 0 saturated heterocycles. The number of imidazole rings is 1. The minimum Gasteiger partial charge on any atom is -0.299 e. The molecule has 0 atom stereocenters. The van der Waals surface area contributed by atoms with Crippen molar-refractivity contribution in [1.82, 2.24) is 9.55 Å². The molecule has 1 heterocycles. The first-order valence-corrected chi connectivity index (χ1v) is 6.16. The number of hydrogen-bond donors (Lipinski definition) is 0. The van der Waals surface area contributed by atoms with Crippen LogP contribution in [0.1, 0.15) is 0 Å². The quantitative estimate of drug-likeness (QED) is 0.679. The van der Waals surface area contributed by atoms with E-state index in [0.717, 1.165) is 16.9 Å². The first-order chi connectivity index (χ1) is 9.24. The topological polar surface area (TPSA) is 17.8 Å². The van der Waals surface area contributed by atoms with Gasteiger partial charge in [-0.25, -0.2) is 9.37 Å². The van der Waals surface area contributed by atoms with Crippen LogP contribution in [0, 0.1) is 5.82 Å². The van der Waals surface area contributed by atoms with E-state index in [0.29, 0.717) is 5.02 Å². The van der Waals surface area contributed by atoms with Gasteiger partial charge in [0.25, 0.3) is 0 Å². The molecular formula is C15H10ClFN2. The average Bonchev–Trinajstić information content (AvgIpc) is 2.90. The summed E-state index contributed by atoms with van der Waals surface area (Å²) in [6.45, 7) is 0. The molecule has 0 unspecified atom stereocenters. The van der Waals surface area contributed by atoms with Crippen molar-refractivity contribution in [3.05, 3.63) is 71.9 Å². The molecule has 0 aliphatic carbocycles. The predicted octanol–water partition coefficient (Wildman–Crippen LogP) is 4.33. The second kappa shape index (κ2) is 4.86. The summed E-state index contributed by atoms with van der Waals surface area (Å²) in [5.74, 6) is -0.249. The van der Waals surface area contributed by atoms with Crippen LogP contribution in [-0.4, -0.2) is 9.55 Å². The molecule has 2 aromatic carbocycles. The zero-order valence-corrected chi connectivity index (χ0v) is 10.7. The molecule has 2 nitrogen and oxygen atoms in total. The van der Waals surface area contributed by atoms with Crippen LogP contribution in [0.2, 0.25) is 5.02 Å². The SMILES string of the molecule is Fc1ccc(-c2cncn2-c2ccc(Cl)cc2)cc1. The highest BCUT2D eigenvalue weighted by Crippen LogP contribution is 2.23. The molecule has 0 aliphatic rings. The molecule has 19 heavy (non-hydrogen) atoms. The van der Waals surface area contributed by atoms with Gasteiger partial charge < -0.3 is 0 Å². The molecule has 0 N–H and O–H groups in total. The highest BCUT2D eigenvalue weighted by molar-refractivity contribution is 6.30. The normalized spacial score (nSPS) is 10.6. The maximum absolute atomic E-state index is 13.0. The van der Waals surface area contributed by atoms with Gasteiger partial charge in [-0.2, -0.15) is 0 Å². The molecule has 0 amide bonds. The van der Waals surface area contributed by atoms with Crippen LogP contribution in [0.3, 0.4) is 0 Å². The Balaban J connectivity index is 2.07. The Bertz CT molecular complexity index is 627. The van der Waals surface area contributed by atoms with Gasteiger partial charge in [0.2, 0.25) is 0 Å². The van der Waals surface area contributed by atoms with Gasteiger partial charge in [0.05, 0.1) is 18.2 Å². The van der Waals surface area contributed by atoms with Gasteiger partial charge in [-0.15, -0.1) is 0 Å². The van der Waals surface area contributed by atoms with Crippen LogP contribution >= 0.6 is 11.6 Å². The van der Waals surface area contributed by atoms with Crippen molar-refractivity contribution in [3.63, 3.8) is 0 Å². The lowest BCUT2D eigenvalue weighted by atomic mass is 10.1. The Labute approximate surface area is 115 Å². The molecule has 0 radical (unpaired) electrons. The van der Waals surface area contributed by atoms with Gasteiger partial charge in [0.15, 0.2) is 0 Å². The minimum absolute atomic E-state index is 0.249. The van der Waals surface area contributed by atoms with Gasteiger partial charge in [0, 0.05) is 16.3 Å². The van der Waals surface area contributed by atoms with E-state index >= 15 is 0 Å². The van der Waals surface area contributed by atoms with Crippen molar-refractivity contribution >= 4 is 11.6 Å². The summed E-state index contributed by atoms with van der Waals surface area (Å²) in [6.07, 6.45) is 3.48. The zero-order valence-electron chi connectivity index (χ0n) is 9.92. The van der Waals surface area contributed by atoms with Crippen LogP contribution in [-0.2, 0) is 0 Å². The lowest BCUT2D eigenvalue weighted by Gasteiger charge is -2.08. The van der Waals surface area contributed by atoms with Crippen LogP contribution in [0.25, 0.3) is 16.9 Å². The minimum atomic E-state index is -0.249. The molecule has 3 rings (SSSR count). The third-order valence-corrected chi connectivity index (χ3v) is 3.14. The van der Waals surface area contributed by atoms with Crippen molar-refractivity contribution in [2.45, 2.75) is 0 Å². The van der Waals surface area contributed by atoms with E-state index in [9.17, 15) is 4.39 Å². The Kier molecular flexibility index (Phi) is 3.05. The number of aromatic nitrogens is 2. The van der Waals surface area contributed by atoms with Gasteiger partial charge in [-0.05, 0) is 48.5 Å². The van der Waals surface area contributed by atoms with E-state index < -0.39 is 0 Å². The Morgan fingerprint density at radius 3 is 2.32 bits per heavy atom. The second-order valence-corrected chi connectivity index (χ2v) is 4.57. The van der Waals surface area contributed by atoms with Crippen molar-refractivity contribution in [2.75, 3.05) is 0 Å². The zero-order chi connectivity index (χ0) is 13.2. The molecule has 0 bridgehead atoms. The first-order valence-electron chi connectivity index (χ1n) is 5.78. The lowest BCUT2D eigenvalue weighted by Crippen LogP contribution is -1.94. The standard InChI is InChI=1S/C15H10ClFN2/c16-12-3-7-14(8-4-12)19-10-18-9-15(19)11-1-5-13(17)6-2-11/h1-10H. The molecule has 94 valence electrons. The fraction of sp³-hybridized carbons (Fsp3) is 0. The largest absolute Gasteiger partial charge is 0.299 e. The predicted molar refractivity (Wildman–Crippen MR) is 74.0 cm³/mol. The summed E-state index contributed by atoms with van der Waals surface area (Å²) < 4.78 is 14.9. The summed E-state index contributed by atoms with van der Waals surface area (Å²) in [4.78, 5) is 4.16. The van der Waals surface area contributed by atoms with Gasteiger partial charge in [-0.3, -0.25) is 4.57 Å². The maximum atomic E-state index is 13.0. The second-order valence-electron chi connectivity index (χ2n) is 4.13. The third kappa shape index (κ3) is 2.37. The molecule has 4 heteroatoms. The Morgan fingerprint density at radius 2 is 1.63 bits per heavy atom. The Hall–Kier alpha value is -2.13. The first kappa shape index (κ1) is 11.9. The molecule has 1 aromatic heterocycles. The third-order valence-electron chi connectivity index (χ3n) is 2.88. The van der Waals surface area contributed by atoms with E-state index in [2.05, 4.69) is 4.98 Å². The Morgan fingerprint density at radius 1 is 0.947 bits per heavy atom. The summed E-state index contributed by atoms with van der Waals surface area (Å²) >= 11 is 5.88. The number of rotatable bonds is 2. The van der Waals surface area contributed by atoms with Crippen LogP contribution < -0.4 is 0 Å². The smallest absolute Gasteiger partial charge is 0.123 e. The number of hydrogen-bond acceptors (Lipinski definition) is 1. The summed E-state index contributed by atoms with van der Waals surface area (Å²) in [5, 5.41) is 0.687. The van der Waals surface area contributed by atoms with Gasteiger partial charge >= 0.3 is 0 Å². The van der Waals surface area contributed by atoms with Gasteiger partial charge in [0.1, 0.15) is 5.82 Å². The van der Waals surface area contributed by atoms with E-state index in [4.69, 9.17) is 11.6 Å². The van der Waals surface area contributed by atoms with Gasteiger partial charge in [-0.1, -0.05) is 11.6 Å². The summed E-state index contributed by atoms with van der Waals surface area (Å²) in [7, 11) is 0. The number of halogens is 2. The monoisotopic (exact) mass is 272 g/mol. The van der Waals surface area contributed by atoms with Crippen LogP contribution in [0.5, 0.6) is 0 Å². The molecular weight excluding hydrogens is 263 g/mol. The van der Waals surface area contributed by atoms with Crippen molar-refractivity contribution < 1.29 is 4.39 Å². The van der Waals surface area contributed by atoms with E-state index in [1.54, 1.807) is 24.7 Å². The maximum Gasteiger partial charge on any atom is 0.123 e. The summed E-state index contributed by atoms with van der Waals surface area (Å²) in [5.41, 5.74) is 2.78. The fourth-order valence-corrected chi connectivity index (χ4v) is 2.06. The highest BCUT2D eigenvalue weighted by Gasteiger charge is 2.07. The number of nitrogens with zero attached hydrogens (tertiary/aromatic N) is 2. The van der Waals surface area contributed by atoms with Crippen LogP contribution in [0.4, 0.5) is 4.39 Å². The molecule has 0 fully saturated rings. The average molecular weight is 273 g/mol. The molecule has 0 spiro atoms. The highest BCUT2D eigenvalue weighted by atomic mass is 35.5. The number of benzene rings is 2. The van der Waals surface area contributed by atoms with E-state index in [1.165, 1.54) is 12.1 Å². The van der Waals surface area contributed by atoms with E-state index in [1.807, 2.05) is 28.8 Å².